The smallest absolute Gasteiger partial charge is 0.158 e. The van der Waals surface area contributed by atoms with E-state index in [1.54, 1.807) is 0 Å². The molecule has 1 aliphatic heterocycles. The lowest BCUT2D eigenvalue weighted by Crippen LogP contribution is -2.31. The van der Waals surface area contributed by atoms with Gasteiger partial charge in [0, 0.05) is 12.0 Å². The van der Waals surface area contributed by atoms with E-state index >= 15 is 0 Å². The van der Waals surface area contributed by atoms with E-state index in [2.05, 4.69) is 6.07 Å². The number of ether oxygens (including phenoxy) is 1. The summed E-state index contributed by atoms with van der Waals surface area (Å²) in [4.78, 5) is 12.4. The Kier molecular flexibility index (Phi) is 3.77. The minimum atomic E-state index is -0.706. The summed E-state index contributed by atoms with van der Waals surface area (Å²) < 4.78 is 5.58. The van der Waals surface area contributed by atoms with Gasteiger partial charge >= 0.3 is 0 Å². The van der Waals surface area contributed by atoms with Crippen molar-refractivity contribution in [3.05, 3.63) is 0 Å². The highest BCUT2D eigenvalue weighted by molar-refractivity contribution is 5.94. The second kappa shape index (κ2) is 5.01. The van der Waals surface area contributed by atoms with Gasteiger partial charge in [-0.15, -0.1) is 0 Å². The summed E-state index contributed by atoms with van der Waals surface area (Å²) in [7, 11) is 0. The van der Waals surface area contributed by atoms with E-state index in [-0.39, 0.29) is 11.2 Å². The van der Waals surface area contributed by atoms with Crippen molar-refractivity contribution in [2.45, 2.75) is 64.9 Å². The molecule has 2 fully saturated rings. The van der Waals surface area contributed by atoms with Gasteiger partial charge in [-0.3, -0.25) is 4.79 Å². The highest BCUT2D eigenvalue weighted by atomic mass is 16.5. The summed E-state index contributed by atoms with van der Waals surface area (Å²) in [5.41, 5.74) is -1.01. The number of hydrogen-bond donors (Lipinski definition) is 0. The molecular formula is C15H23NO2. The lowest BCUT2D eigenvalue weighted by molar-refractivity contribution is -0.130. The first-order chi connectivity index (χ1) is 8.50. The Morgan fingerprint density at radius 1 is 1.44 bits per heavy atom. The Balaban J connectivity index is 1.90. The number of hydrogen-bond acceptors (Lipinski definition) is 3. The average Bonchev–Trinajstić information content (AvgIpc) is 2.92. The van der Waals surface area contributed by atoms with Crippen LogP contribution in [0.2, 0.25) is 0 Å². The molecule has 0 radical (unpaired) electrons. The molecule has 0 bridgehead atoms. The van der Waals surface area contributed by atoms with Crippen molar-refractivity contribution in [1.29, 1.82) is 5.26 Å². The van der Waals surface area contributed by atoms with E-state index in [1.165, 1.54) is 0 Å². The van der Waals surface area contributed by atoms with Gasteiger partial charge in [-0.2, -0.15) is 5.26 Å². The van der Waals surface area contributed by atoms with E-state index in [0.29, 0.717) is 12.5 Å². The third-order valence-corrected chi connectivity index (χ3v) is 4.59. The molecule has 3 nitrogen and oxygen atoms in total. The fourth-order valence-electron chi connectivity index (χ4n) is 3.31. The molecule has 1 saturated carbocycles. The van der Waals surface area contributed by atoms with E-state index in [4.69, 9.17) is 4.74 Å². The van der Waals surface area contributed by atoms with Crippen molar-refractivity contribution in [3.8, 4) is 6.07 Å². The summed E-state index contributed by atoms with van der Waals surface area (Å²) in [6.07, 6.45) is 6.88. The maximum Gasteiger partial charge on any atom is 0.158 e. The van der Waals surface area contributed by atoms with Crippen molar-refractivity contribution in [1.82, 2.24) is 0 Å². The SMILES string of the molecule is CC1(C)CCC(C#N)(CCCC2CCCO2)C1=O. The monoisotopic (exact) mass is 249 g/mol. The number of ketones is 1. The normalized spacial score (nSPS) is 34.7. The first kappa shape index (κ1) is 13.5. The Bertz CT molecular complexity index is 363. The van der Waals surface area contributed by atoms with Crippen LogP contribution in [0.5, 0.6) is 0 Å². The zero-order valence-corrected chi connectivity index (χ0v) is 11.5. The van der Waals surface area contributed by atoms with Crippen LogP contribution < -0.4 is 0 Å². The number of carbonyl (C=O) groups is 1. The summed E-state index contributed by atoms with van der Waals surface area (Å²) in [6.45, 7) is 4.81. The van der Waals surface area contributed by atoms with Gasteiger partial charge in [0.05, 0.1) is 12.2 Å². The highest BCUT2D eigenvalue weighted by Gasteiger charge is 2.51. The van der Waals surface area contributed by atoms with Crippen molar-refractivity contribution >= 4 is 5.78 Å². The van der Waals surface area contributed by atoms with Crippen LogP contribution in [0.3, 0.4) is 0 Å². The van der Waals surface area contributed by atoms with E-state index in [1.807, 2.05) is 13.8 Å². The second-order valence-electron chi connectivity index (χ2n) is 6.43. The Labute approximate surface area is 110 Å². The summed E-state index contributed by atoms with van der Waals surface area (Å²) >= 11 is 0. The van der Waals surface area contributed by atoms with Crippen LogP contribution in [-0.2, 0) is 9.53 Å². The minimum Gasteiger partial charge on any atom is -0.378 e. The van der Waals surface area contributed by atoms with Crippen LogP contribution in [0.1, 0.15) is 58.8 Å². The fourth-order valence-corrected chi connectivity index (χ4v) is 3.31. The number of Topliss-reactive ketones (excluding diaryl/α,β-unsaturated/α-hetero) is 1. The molecular weight excluding hydrogens is 226 g/mol. The fraction of sp³-hybridized carbons (Fsp3) is 0.867. The molecule has 1 aliphatic carbocycles. The van der Waals surface area contributed by atoms with Gasteiger partial charge in [-0.25, -0.2) is 0 Å². The van der Waals surface area contributed by atoms with E-state index in [0.717, 1.165) is 45.1 Å². The van der Waals surface area contributed by atoms with Crippen molar-refractivity contribution in [2.24, 2.45) is 10.8 Å². The second-order valence-corrected chi connectivity index (χ2v) is 6.43. The Hall–Kier alpha value is -0.880. The van der Waals surface area contributed by atoms with Crippen LogP contribution in [0.4, 0.5) is 0 Å². The highest BCUT2D eigenvalue weighted by Crippen LogP contribution is 2.48. The zero-order chi connectivity index (χ0) is 13.2. The van der Waals surface area contributed by atoms with E-state index in [9.17, 15) is 10.1 Å². The van der Waals surface area contributed by atoms with Crippen molar-refractivity contribution < 1.29 is 9.53 Å². The number of nitrogens with zero attached hydrogens (tertiary/aromatic N) is 1. The van der Waals surface area contributed by atoms with Gasteiger partial charge in [0.15, 0.2) is 5.78 Å². The van der Waals surface area contributed by atoms with Crippen LogP contribution >= 0.6 is 0 Å². The molecule has 2 rings (SSSR count). The standard InChI is InChI=1S/C15H23NO2/c1-14(2)8-9-15(11-16,13(14)17)7-3-5-12-6-4-10-18-12/h12H,3-10H2,1-2H3. The third kappa shape index (κ3) is 2.44. The van der Waals surface area contributed by atoms with Gasteiger partial charge in [0.25, 0.3) is 0 Å². The van der Waals surface area contributed by atoms with Crippen LogP contribution in [0, 0.1) is 22.2 Å². The average molecular weight is 249 g/mol. The molecule has 1 saturated heterocycles. The van der Waals surface area contributed by atoms with Crippen LogP contribution in [-0.4, -0.2) is 18.5 Å². The molecule has 2 aliphatic rings. The third-order valence-electron chi connectivity index (χ3n) is 4.59. The summed E-state index contributed by atoms with van der Waals surface area (Å²) in [5.74, 6) is 0.157. The molecule has 2 atom stereocenters. The molecule has 0 N–H and O–H groups in total. The first-order valence-electron chi connectivity index (χ1n) is 7.08. The van der Waals surface area contributed by atoms with Gasteiger partial charge < -0.3 is 4.74 Å². The van der Waals surface area contributed by atoms with Crippen molar-refractivity contribution in [3.63, 3.8) is 0 Å². The first-order valence-corrected chi connectivity index (χ1v) is 7.08. The van der Waals surface area contributed by atoms with Gasteiger partial charge in [0.2, 0.25) is 0 Å². The largest absolute Gasteiger partial charge is 0.378 e. The lowest BCUT2D eigenvalue weighted by Gasteiger charge is -2.22. The van der Waals surface area contributed by atoms with Gasteiger partial charge in [0.1, 0.15) is 5.41 Å². The maximum absolute atomic E-state index is 12.4. The predicted octanol–water partition coefficient (Wildman–Crippen LogP) is 3.23. The maximum atomic E-state index is 12.4. The van der Waals surface area contributed by atoms with E-state index < -0.39 is 5.41 Å². The molecule has 100 valence electrons. The Morgan fingerprint density at radius 2 is 2.22 bits per heavy atom. The van der Waals surface area contributed by atoms with Crippen LogP contribution in [0.25, 0.3) is 0 Å². The molecule has 0 aromatic rings. The quantitative estimate of drug-likeness (QED) is 0.768. The zero-order valence-electron chi connectivity index (χ0n) is 11.5. The molecule has 18 heavy (non-hydrogen) atoms. The number of carbonyl (C=O) groups excluding carboxylic acids is 1. The summed E-state index contributed by atoms with van der Waals surface area (Å²) in [5, 5.41) is 9.41. The molecule has 0 aromatic heterocycles. The number of nitriles is 1. The number of rotatable bonds is 4. The minimum absolute atomic E-state index is 0.157. The Morgan fingerprint density at radius 3 is 2.72 bits per heavy atom. The van der Waals surface area contributed by atoms with Gasteiger partial charge in [-0.05, 0) is 44.9 Å². The molecule has 0 aromatic carbocycles. The van der Waals surface area contributed by atoms with Crippen LogP contribution in [0.15, 0.2) is 0 Å². The topological polar surface area (TPSA) is 50.1 Å². The molecule has 0 spiro atoms. The van der Waals surface area contributed by atoms with Crippen molar-refractivity contribution in [2.75, 3.05) is 6.61 Å². The predicted molar refractivity (Wildman–Crippen MR) is 68.9 cm³/mol. The molecule has 2 unspecified atom stereocenters. The summed E-state index contributed by atoms with van der Waals surface area (Å²) in [6, 6.07) is 2.32. The molecule has 3 heteroatoms. The lowest BCUT2D eigenvalue weighted by atomic mass is 9.77. The van der Waals surface area contributed by atoms with Gasteiger partial charge in [-0.1, -0.05) is 13.8 Å². The molecule has 0 amide bonds. The molecule has 1 heterocycles.